The van der Waals surface area contributed by atoms with Gasteiger partial charge < -0.3 is 26.2 Å². The summed E-state index contributed by atoms with van der Waals surface area (Å²) in [4.78, 5) is 41.7. The van der Waals surface area contributed by atoms with Crippen LogP contribution in [0.3, 0.4) is 0 Å². The van der Waals surface area contributed by atoms with Gasteiger partial charge in [0.15, 0.2) is 6.10 Å². The molecule has 0 radical (unpaired) electrons. The SMILES string of the molecule is CC.[CH2-]CCCCC(=O)OC[C@H](COP(=O)(O)O)OC(=O)CCCCCCCCCCCCCCCCC. The highest BCUT2D eigenvalue weighted by Gasteiger charge is 2.22. The van der Waals surface area contributed by atoms with E-state index in [-0.39, 0.29) is 19.4 Å². The lowest BCUT2D eigenvalue weighted by atomic mass is 10.0. The van der Waals surface area contributed by atoms with Crippen LogP contribution in [0.4, 0.5) is 0 Å². The predicted octanol–water partition coefficient (Wildman–Crippen LogP) is 8.23. The number of hydrogen-bond acceptors (Lipinski definition) is 6. The topological polar surface area (TPSA) is 119 Å². The molecule has 0 amide bonds. The zero-order chi connectivity index (χ0) is 28.9. The Hall–Kier alpha value is -0.950. The molecule has 8 nitrogen and oxygen atoms in total. The van der Waals surface area contributed by atoms with E-state index in [9.17, 15) is 14.2 Å². The number of esters is 2. The molecule has 0 bridgehead atoms. The fourth-order valence-electron chi connectivity index (χ4n) is 3.89. The highest BCUT2D eigenvalue weighted by Crippen LogP contribution is 2.35. The molecule has 0 spiro atoms. The standard InChI is InChI=1S/C27H52O8P.C2H6/c1-3-5-7-8-9-10-11-12-13-14-15-16-17-18-20-22-27(29)35-25(24-34-36(30,31)32)23-33-26(28)21-19-6-4-2;1-2/h25H,2-24H2,1H3,(H2,30,31,32);1-2H3/q-1;/t25-;/m1./s1. The van der Waals surface area contributed by atoms with E-state index in [0.29, 0.717) is 12.8 Å². The largest absolute Gasteiger partial charge is 0.469 e. The molecule has 0 aliphatic rings. The smallest absolute Gasteiger partial charge is 0.462 e. The van der Waals surface area contributed by atoms with E-state index < -0.39 is 32.5 Å². The van der Waals surface area contributed by atoms with E-state index in [1.807, 2.05) is 13.8 Å². The molecule has 0 heterocycles. The lowest BCUT2D eigenvalue weighted by Crippen LogP contribution is -2.29. The summed E-state index contributed by atoms with van der Waals surface area (Å²) in [6.07, 6.45) is 20.0. The summed E-state index contributed by atoms with van der Waals surface area (Å²) in [5, 5.41) is 0. The molecule has 228 valence electrons. The van der Waals surface area contributed by atoms with Crippen LogP contribution >= 0.6 is 7.82 Å². The molecule has 38 heavy (non-hydrogen) atoms. The van der Waals surface area contributed by atoms with Crippen molar-refractivity contribution in [2.45, 2.75) is 155 Å². The van der Waals surface area contributed by atoms with Crippen molar-refractivity contribution < 1.29 is 37.9 Å². The summed E-state index contributed by atoms with van der Waals surface area (Å²) >= 11 is 0. The Bertz CT molecular complexity index is 579. The Kier molecular flexibility index (Phi) is 30.0. The van der Waals surface area contributed by atoms with Gasteiger partial charge in [-0.3, -0.25) is 14.1 Å². The third-order valence-electron chi connectivity index (χ3n) is 6.02. The van der Waals surface area contributed by atoms with E-state index in [2.05, 4.69) is 18.4 Å². The number of carbonyl (C=O) groups is 2. The second-order valence-electron chi connectivity index (χ2n) is 9.59. The average molecular weight is 566 g/mol. The van der Waals surface area contributed by atoms with Gasteiger partial charge >= 0.3 is 19.8 Å². The number of phosphoric acid groups is 1. The third-order valence-corrected chi connectivity index (χ3v) is 6.51. The minimum atomic E-state index is -4.72. The summed E-state index contributed by atoms with van der Waals surface area (Å²) < 4.78 is 25.8. The Morgan fingerprint density at radius 2 is 1.11 bits per heavy atom. The van der Waals surface area contributed by atoms with Gasteiger partial charge in [0.25, 0.3) is 0 Å². The number of hydrogen-bond donors (Lipinski definition) is 2. The van der Waals surface area contributed by atoms with Crippen LogP contribution in [-0.4, -0.2) is 41.0 Å². The van der Waals surface area contributed by atoms with Crippen LogP contribution < -0.4 is 0 Å². The molecule has 0 rings (SSSR count). The van der Waals surface area contributed by atoms with Gasteiger partial charge in [-0.05, 0) is 12.8 Å². The molecule has 1 atom stereocenters. The van der Waals surface area contributed by atoms with Crippen LogP contribution in [0.2, 0.25) is 0 Å². The molecule has 2 N–H and O–H groups in total. The van der Waals surface area contributed by atoms with Gasteiger partial charge in [-0.1, -0.05) is 117 Å². The quantitative estimate of drug-likeness (QED) is 0.0466. The van der Waals surface area contributed by atoms with Gasteiger partial charge in [-0.2, -0.15) is 6.42 Å². The van der Waals surface area contributed by atoms with E-state index in [0.717, 1.165) is 32.1 Å². The molecule has 0 aliphatic heterocycles. The fourth-order valence-corrected chi connectivity index (χ4v) is 4.25. The van der Waals surface area contributed by atoms with Crippen molar-refractivity contribution in [3.8, 4) is 0 Å². The fraction of sp³-hybridized carbons (Fsp3) is 0.897. The van der Waals surface area contributed by atoms with Gasteiger partial charge in [-0.15, -0.1) is 0 Å². The molecule has 0 aromatic heterocycles. The lowest BCUT2D eigenvalue weighted by molar-refractivity contribution is -0.161. The summed E-state index contributed by atoms with van der Waals surface area (Å²) in [6, 6.07) is 0. The summed E-state index contributed by atoms with van der Waals surface area (Å²) in [6.45, 7) is 9.12. The predicted molar refractivity (Wildman–Crippen MR) is 154 cm³/mol. The second-order valence-corrected chi connectivity index (χ2v) is 10.8. The Morgan fingerprint density at radius 3 is 1.55 bits per heavy atom. The first-order chi connectivity index (χ1) is 18.3. The van der Waals surface area contributed by atoms with Crippen LogP contribution in [0.15, 0.2) is 0 Å². The van der Waals surface area contributed by atoms with Gasteiger partial charge in [0, 0.05) is 12.8 Å². The van der Waals surface area contributed by atoms with Crippen molar-refractivity contribution in [2.24, 2.45) is 0 Å². The maximum absolute atomic E-state index is 12.1. The zero-order valence-corrected chi connectivity index (χ0v) is 25.5. The normalized spacial score (nSPS) is 11.9. The number of ether oxygens (including phenoxy) is 2. The van der Waals surface area contributed by atoms with Gasteiger partial charge in [-0.25, -0.2) is 4.57 Å². The van der Waals surface area contributed by atoms with Crippen LogP contribution in [0.1, 0.15) is 149 Å². The highest BCUT2D eigenvalue weighted by molar-refractivity contribution is 7.46. The second kappa shape index (κ2) is 29.0. The molecule has 9 heteroatoms. The zero-order valence-electron chi connectivity index (χ0n) is 24.6. The van der Waals surface area contributed by atoms with Gasteiger partial charge in [0.05, 0.1) is 6.61 Å². The van der Waals surface area contributed by atoms with Crippen LogP contribution in [0, 0.1) is 6.92 Å². The van der Waals surface area contributed by atoms with Gasteiger partial charge in [0.1, 0.15) is 6.61 Å². The number of carbonyl (C=O) groups excluding carboxylic acids is 2. The van der Waals surface area contributed by atoms with Crippen molar-refractivity contribution in [3.63, 3.8) is 0 Å². The first kappa shape index (κ1) is 39.2. The molecule has 0 aromatic rings. The summed E-state index contributed by atoms with van der Waals surface area (Å²) in [5.74, 6) is -0.944. The monoisotopic (exact) mass is 565 g/mol. The van der Waals surface area contributed by atoms with Gasteiger partial charge in [0.2, 0.25) is 0 Å². The molecule has 0 fully saturated rings. The molecule has 0 aromatic carbocycles. The first-order valence-electron chi connectivity index (χ1n) is 15.1. The third kappa shape index (κ3) is 31.3. The molecule has 0 saturated heterocycles. The summed E-state index contributed by atoms with van der Waals surface area (Å²) in [5.41, 5.74) is 0. The Balaban J connectivity index is 0. The number of rotatable bonds is 26. The number of phosphoric ester groups is 1. The maximum atomic E-state index is 12.1. The lowest BCUT2D eigenvalue weighted by Gasteiger charge is -2.18. The highest BCUT2D eigenvalue weighted by atomic mass is 31.2. The average Bonchev–Trinajstić information content (AvgIpc) is 2.88. The van der Waals surface area contributed by atoms with E-state index in [4.69, 9.17) is 19.3 Å². The molecule has 0 saturated carbocycles. The molecule has 0 aliphatic carbocycles. The molecular weight excluding hydrogens is 507 g/mol. The number of unbranched alkanes of at least 4 members (excludes halogenated alkanes) is 16. The summed E-state index contributed by atoms with van der Waals surface area (Å²) in [7, 11) is -4.72. The Labute approximate surface area is 233 Å². The molecular formula is C29H58O8P-. The molecule has 0 unspecified atom stereocenters. The van der Waals surface area contributed by atoms with Crippen molar-refractivity contribution >= 4 is 19.8 Å². The minimum Gasteiger partial charge on any atom is -0.462 e. The van der Waals surface area contributed by atoms with Crippen LogP contribution in [0.5, 0.6) is 0 Å². The first-order valence-corrected chi connectivity index (χ1v) is 16.7. The van der Waals surface area contributed by atoms with Crippen molar-refractivity contribution in [1.82, 2.24) is 0 Å². The minimum absolute atomic E-state index is 0.210. The maximum Gasteiger partial charge on any atom is 0.469 e. The Morgan fingerprint density at radius 1 is 0.684 bits per heavy atom. The van der Waals surface area contributed by atoms with E-state index in [1.54, 1.807) is 0 Å². The van der Waals surface area contributed by atoms with Crippen LogP contribution in [-0.2, 0) is 28.2 Å². The van der Waals surface area contributed by atoms with E-state index in [1.165, 1.54) is 70.6 Å². The van der Waals surface area contributed by atoms with Crippen LogP contribution in [0.25, 0.3) is 0 Å². The van der Waals surface area contributed by atoms with Crippen molar-refractivity contribution in [2.75, 3.05) is 13.2 Å². The van der Waals surface area contributed by atoms with E-state index >= 15 is 0 Å². The van der Waals surface area contributed by atoms with Crippen molar-refractivity contribution in [1.29, 1.82) is 0 Å². The van der Waals surface area contributed by atoms with Crippen molar-refractivity contribution in [3.05, 3.63) is 6.92 Å².